The highest BCUT2D eigenvalue weighted by molar-refractivity contribution is 7.89. The van der Waals surface area contributed by atoms with Crippen LogP contribution in [0, 0.1) is 0 Å². The lowest BCUT2D eigenvalue weighted by atomic mass is 10.1. The molecule has 0 aliphatic heterocycles. The summed E-state index contributed by atoms with van der Waals surface area (Å²) < 4.78 is 30.9. The highest BCUT2D eigenvalue weighted by Gasteiger charge is 2.22. The Balaban J connectivity index is 1.63. The highest BCUT2D eigenvalue weighted by atomic mass is 35.5. The molecule has 0 amide bonds. The molecule has 1 aromatic heterocycles. The standard InChI is InChI=1S/C21H23ClN2O3S2/c22-18-10-6-5-7-15(18)14-24-19-12-11-17(13-20(19)28-21(24)25)29(26,27)23-16-8-3-1-2-4-9-16/h5-7,10-13,16,23H,1-4,8-9,14H2. The van der Waals surface area contributed by atoms with Crippen molar-refractivity contribution >= 4 is 43.2 Å². The minimum absolute atomic E-state index is 0.0123. The molecular formula is C21H23ClN2O3S2. The number of sulfonamides is 1. The van der Waals surface area contributed by atoms with Crippen LogP contribution in [0.4, 0.5) is 0 Å². The molecule has 5 nitrogen and oxygen atoms in total. The molecule has 8 heteroatoms. The number of aromatic nitrogens is 1. The lowest BCUT2D eigenvalue weighted by Gasteiger charge is -2.16. The van der Waals surface area contributed by atoms with Crippen LogP contribution in [0.15, 0.2) is 52.2 Å². The van der Waals surface area contributed by atoms with Gasteiger partial charge < -0.3 is 0 Å². The summed E-state index contributed by atoms with van der Waals surface area (Å²) >= 11 is 7.29. The van der Waals surface area contributed by atoms with Crippen LogP contribution >= 0.6 is 22.9 Å². The van der Waals surface area contributed by atoms with Crippen LogP contribution in [0.3, 0.4) is 0 Å². The zero-order valence-corrected chi connectivity index (χ0v) is 18.3. The lowest BCUT2D eigenvalue weighted by molar-refractivity contribution is 0.510. The highest BCUT2D eigenvalue weighted by Crippen LogP contribution is 2.25. The van der Waals surface area contributed by atoms with Crippen LogP contribution in [0.25, 0.3) is 10.2 Å². The number of halogens is 1. The Morgan fingerprint density at radius 1 is 1.07 bits per heavy atom. The molecule has 1 N–H and O–H groups in total. The number of thiazole rings is 1. The molecule has 154 valence electrons. The Morgan fingerprint density at radius 3 is 2.52 bits per heavy atom. The molecule has 0 radical (unpaired) electrons. The van der Waals surface area contributed by atoms with Crippen molar-refractivity contribution in [3.63, 3.8) is 0 Å². The van der Waals surface area contributed by atoms with Gasteiger partial charge in [0.1, 0.15) is 0 Å². The van der Waals surface area contributed by atoms with E-state index in [4.69, 9.17) is 11.6 Å². The van der Waals surface area contributed by atoms with Gasteiger partial charge in [-0.3, -0.25) is 9.36 Å². The minimum Gasteiger partial charge on any atom is -0.294 e. The number of fused-ring (bicyclic) bond motifs is 1. The molecule has 0 unspecified atom stereocenters. The summed E-state index contributed by atoms with van der Waals surface area (Å²) in [5.74, 6) is 0. The van der Waals surface area contributed by atoms with E-state index in [0.29, 0.717) is 21.8 Å². The summed E-state index contributed by atoms with van der Waals surface area (Å²) in [6.45, 7) is 0.352. The molecule has 1 aliphatic rings. The third kappa shape index (κ3) is 4.58. The van der Waals surface area contributed by atoms with Gasteiger partial charge in [0, 0.05) is 11.1 Å². The van der Waals surface area contributed by atoms with Gasteiger partial charge in [-0.1, -0.05) is 66.8 Å². The number of hydrogen-bond donors (Lipinski definition) is 1. The van der Waals surface area contributed by atoms with Gasteiger partial charge in [0.25, 0.3) is 0 Å². The summed E-state index contributed by atoms with van der Waals surface area (Å²) in [6.07, 6.45) is 6.19. The van der Waals surface area contributed by atoms with Gasteiger partial charge in [0.15, 0.2) is 0 Å². The minimum atomic E-state index is -3.61. The van der Waals surface area contributed by atoms with E-state index >= 15 is 0 Å². The van der Waals surface area contributed by atoms with Gasteiger partial charge >= 0.3 is 4.87 Å². The molecule has 29 heavy (non-hydrogen) atoms. The Kier molecular flexibility index (Phi) is 6.11. The van der Waals surface area contributed by atoms with Crippen molar-refractivity contribution in [2.75, 3.05) is 0 Å². The van der Waals surface area contributed by atoms with E-state index in [9.17, 15) is 13.2 Å². The van der Waals surface area contributed by atoms with Crippen molar-refractivity contribution in [3.05, 3.63) is 62.7 Å². The zero-order chi connectivity index (χ0) is 20.4. The molecule has 0 saturated heterocycles. The van der Waals surface area contributed by atoms with Crippen LogP contribution < -0.4 is 9.60 Å². The number of hydrogen-bond acceptors (Lipinski definition) is 4. The Labute approximate surface area is 179 Å². The van der Waals surface area contributed by atoms with Gasteiger partial charge in [-0.15, -0.1) is 0 Å². The largest absolute Gasteiger partial charge is 0.308 e. The average Bonchev–Trinajstić information content (AvgIpc) is 2.84. The molecular weight excluding hydrogens is 428 g/mol. The van der Waals surface area contributed by atoms with Crippen molar-refractivity contribution in [1.82, 2.24) is 9.29 Å². The molecule has 0 spiro atoms. The second kappa shape index (κ2) is 8.60. The number of rotatable bonds is 5. The number of benzene rings is 2. The Bertz CT molecular complexity index is 1180. The van der Waals surface area contributed by atoms with E-state index in [1.165, 1.54) is 0 Å². The average molecular weight is 451 g/mol. The fraction of sp³-hybridized carbons (Fsp3) is 0.381. The second-order valence-corrected chi connectivity index (χ2v) is 10.6. The van der Waals surface area contributed by atoms with Crippen molar-refractivity contribution in [2.24, 2.45) is 0 Å². The SMILES string of the molecule is O=c1sc2cc(S(=O)(=O)NC3CCCCCC3)ccc2n1Cc1ccccc1Cl. The van der Waals surface area contributed by atoms with E-state index in [1.54, 1.807) is 28.8 Å². The first kappa shape index (κ1) is 20.6. The molecule has 1 heterocycles. The third-order valence-corrected chi connectivity index (χ3v) is 8.24. The fourth-order valence-corrected chi connectivity index (χ4v) is 6.38. The van der Waals surface area contributed by atoms with E-state index in [2.05, 4.69) is 4.72 Å². The quantitative estimate of drug-likeness (QED) is 0.569. The molecule has 0 bridgehead atoms. The summed E-state index contributed by atoms with van der Waals surface area (Å²) in [5.41, 5.74) is 1.57. The summed E-state index contributed by atoms with van der Waals surface area (Å²) in [5, 5.41) is 0.602. The summed E-state index contributed by atoms with van der Waals surface area (Å²) in [7, 11) is -3.61. The lowest BCUT2D eigenvalue weighted by Crippen LogP contribution is -2.34. The third-order valence-electron chi connectivity index (χ3n) is 5.41. The van der Waals surface area contributed by atoms with E-state index in [-0.39, 0.29) is 15.8 Å². The molecule has 2 aromatic carbocycles. The summed E-state index contributed by atoms with van der Waals surface area (Å²) in [4.78, 5) is 12.6. The molecule has 3 aromatic rings. The predicted octanol–water partition coefficient (Wildman–Crippen LogP) is 4.77. The van der Waals surface area contributed by atoms with Gasteiger partial charge in [-0.2, -0.15) is 0 Å². The topological polar surface area (TPSA) is 68.2 Å². The first-order valence-electron chi connectivity index (χ1n) is 9.83. The number of nitrogens with one attached hydrogen (secondary N) is 1. The van der Waals surface area contributed by atoms with Crippen LogP contribution in [0.1, 0.15) is 44.1 Å². The van der Waals surface area contributed by atoms with Gasteiger partial charge in [-0.05, 0) is 42.7 Å². The molecule has 4 rings (SSSR count). The van der Waals surface area contributed by atoms with Gasteiger partial charge in [-0.25, -0.2) is 13.1 Å². The predicted molar refractivity (Wildman–Crippen MR) is 118 cm³/mol. The zero-order valence-electron chi connectivity index (χ0n) is 15.9. The van der Waals surface area contributed by atoms with Crippen LogP contribution in [0.2, 0.25) is 5.02 Å². The van der Waals surface area contributed by atoms with Crippen molar-refractivity contribution in [3.8, 4) is 0 Å². The fourth-order valence-electron chi connectivity index (χ4n) is 3.85. The van der Waals surface area contributed by atoms with Crippen LogP contribution in [-0.2, 0) is 16.6 Å². The van der Waals surface area contributed by atoms with Crippen molar-refractivity contribution in [2.45, 2.75) is 56.0 Å². The first-order valence-corrected chi connectivity index (χ1v) is 12.5. The maximum Gasteiger partial charge on any atom is 0.308 e. The Morgan fingerprint density at radius 2 is 1.79 bits per heavy atom. The molecule has 1 saturated carbocycles. The van der Waals surface area contributed by atoms with E-state index in [0.717, 1.165) is 55.4 Å². The van der Waals surface area contributed by atoms with Gasteiger partial charge in [0.05, 0.1) is 21.7 Å². The molecule has 1 fully saturated rings. The van der Waals surface area contributed by atoms with Crippen molar-refractivity contribution in [1.29, 1.82) is 0 Å². The molecule has 1 aliphatic carbocycles. The maximum atomic E-state index is 12.9. The van der Waals surface area contributed by atoms with E-state index in [1.807, 2.05) is 18.2 Å². The monoisotopic (exact) mass is 450 g/mol. The maximum absolute atomic E-state index is 12.9. The second-order valence-electron chi connectivity index (χ2n) is 7.48. The molecule has 0 atom stereocenters. The van der Waals surface area contributed by atoms with Crippen LogP contribution in [0.5, 0.6) is 0 Å². The smallest absolute Gasteiger partial charge is 0.294 e. The first-order chi connectivity index (χ1) is 13.9. The normalized spacial score (nSPS) is 16.2. The Hall–Kier alpha value is -1.67. The summed E-state index contributed by atoms with van der Waals surface area (Å²) in [6, 6.07) is 12.3. The van der Waals surface area contributed by atoms with E-state index < -0.39 is 10.0 Å². The van der Waals surface area contributed by atoms with Crippen molar-refractivity contribution < 1.29 is 8.42 Å². The number of nitrogens with zero attached hydrogens (tertiary/aromatic N) is 1. The van der Waals surface area contributed by atoms with Gasteiger partial charge in [0.2, 0.25) is 10.0 Å². The van der Waals surface area contributed by atoms with Crippen LogP contribution in [-0.4, -0.2) is 19.0 Å².